The van der Waals surface area contributed by atoms with Gasteiger partial charge in [0.2, 0.25) is 5.75 Å². The fourth-order valence-corrected chi connectivity index (χ4v) is 2.16. The molecule has 0 aliphatic carbocycles. The van der Waals surface area contributed by atoms with Gasteiger partial charge in [-0.15, -0.1) is 0 Å². The normalized spacial score (nSPS) is 17.8. The zero-order valence-electron chi connectivity index (χ0n) is 11.9. The maximum absolute atomic E-state index is 11.4. The van der Waals surface area contributed by atoms with Crippen molar-refractivity contribution in [1.29, 1.82) is 0 Å². The summed E-state index contributed by atoms with van der Waals surface area (Å²) in [6.45, 7) is 1.00. The molecule has 2 rings (SSSR count). The van der Waals surface area contributed by atoms with E-state index in [9.17, 15) is 4.79 Å². The Morgan fingerprint density at radius 2 is 1.85 bits per heavy atom. The molecule has 1 aliphatic heterocycles. The highest BCUT2D eigenvalue weighted by Gasteiger charge is 2.25. The second kappa shape index (κ2) is 6.47. The minimum atomic E-state index is -0.242. The molecular weight excluding hydrogens is 262 g/mol. The summed E-state index contributed by atoms with van der Waals surface area (Å²) in [5, 5.41) is 3.16. The Bertz CT molecular complexity index is 463. The van der Waals surface area contributed by atoms with Gasteiger partial charge >= 0.3 is 5.97 Å². The zero-order valence-corrected chi connectivity index (χ0v) is 11.9. The number of benzene rings is 1. The number of hydrogen-bond acceptors (Lipinski definition) is 6. The van der Waals surface area contributed by atoms with Gasteiger partial charge in [-0.3, -0.25) is 4.79 Å². The van der Waals surface area contributed by atoms with Crippen LogP contribution in [0.3, 0.4) is 0 Å². The van der Waals surface area contributed by atoms with Gasteiger partial charge in [0.05, 0.1) is 27.9 Å². The highest BCUT2D eigenvalue weighted by molar-refractivity contribution is 5.77. The quantitative estimate of drug-likeness (QED) is 0.788. The van der Waals surface area contributed by atoms with Crippen LogP contribution in [0.4, 0.5) is 0 Å². The highest BCUT2D eigenvalue weighted by Crippen LogP contribution is 2.38. The van der Waals surface area contributed by atoms with Crippen molar-refractivity contribution in [2.45, 2.75) is 19.0 Å². The molecule has 0 aromatic heterocycles. The van der Waals surface area contributed by atoms with Crippen LogP contribution in [0.2, 0.25) is 0 Å². The molecule has 6 nitrogen and oxygen atoms in total. The standard InChI is InChI=1S/C14H19NO5/c1-17-11-6-9(7-12(18-2)13(11)19-3)8-15-10-4-5-20-14(10)16/h6-7,10,15H,4-5,8H2,1-3H3. The van der Waals surface area contributed by atoms with Crippen LogP contribution in [0, 0.1) is 0 Å². The second-order valence-corrected chi connectivity index (χ2v) is 4.42. The lowest BCUT2D eigenvalue weighted by atomic mass is 10.1. The lowest BCUT2D eigenvalue weighted by Gasteiger charge is -2.15. The number of carbonyl (C=O) groups excluding carboxylic acids is 1. The third-order valence-electron chi connectivity index (χ3n) is 3.21. The predicted octanol–water partition coefficient (Wildman–Crippen LogP) is 1.12. The first kappa shape index (κ1) is 14.5. The van der Waals surface area contributed by atoms with Gasteiger partial charge in [-0.05, 0) is 17.7 Å². The maximum atomic E-state index is 11.4. The Morgan fingerprint density at radius 3 is 2.30 bits per heavy atom. The molecule has 1 aliphatic rings. The van der Waals surface area contributed by atoms with Crippen LogP contribution in [0.25, 0.3) is 0 Å². The number of esters is 1. The van der Waals surface area contributed by atoms with E-state index in [1.54, 1.807) is 21.3 Å². The third kappa shape index (κ3) is 2.96. The summed E-state index contributed by atoms with van der Waals surface area (Å²) in [6, 6.07) is 3.47. The summed E-state index contributed by atoms with van der Waals surface area (Å²) < 4.78 is 20.7. The average Bonchev–Trinajstić information content (AvgIpc) is 2.89. The second-order valence-electron chi connectivity index (χ2n) is 4.42. The molecule has 1 atom stereocenters. The molecule has 6 heteroatoms. The summed E-state index contributed by atoms with van der Waals surface area (Å²) in [5.41, 5.74) is 0.944. The minimum Gasteiger partial charge on any atom is -0.493 e. The first-order valence-corrected chi connectivity index (χ1v) is 6.38. The minimum absolute atomic E-state index is 0.197. The van der Waals surface area contributed by atoms with Crippen LogP contribution in [-0.4, -0.2) is 39.9 Å². The van der Waals surface area contributed by atoms with E-state index < -0.39 is 0 Å². The smallest absolute Gasteiger partial charge is 0.323 e. The van der Waals surface area contributed by atoms with Crippen LogP contribution >= 0.6 is 0 Å². The fourth-order valence-electron chi connectivity index (χ4n) is 2.16. The molecule has 0 radical (unpaired) electrons. The molecule has 1 fully saturated rings. The summed E-state index contributed by atoms with van der Waals surface area (Å²) >= 11 is 0. The fraction of sp³-hybridized carbons (Fsp3) is 0.500. The lowest BCUT2D eigenvalue weighted by molar-refractivity contribution is -0.139. The molecule has 110 valence electrons. The first-order chi connectivity index (χ1) is 9.69. The van der Waals surface area contributed by atoms with Crippen molar-refractivity contribution in [3.05, 3.63) is 17.7 Å². The highest BCUT2D eigenvalue weighted by atomic mass is 16.5. The molecule has 0 spiro atoms. The van der Waals surface area contributed by atoms with Crippen LogP contribution in [0.1, 0.15) is 12.0 Å². The van der Waals surface area contributed by atoms with Gasteiger partial charge in [-0.1, -0.05) is 0 Å². The number of nitrogens with one attached hydrogen (secondary N) is 1. The molecular formula is C14H19NO5. The molecule has 1 heterocycles. The number of ether oxygens (including phenoxy) is 4. The van der Waals surface area contributed by atoms with Crippen molar-refractivity contribution >= 4 is 5.97 Å². The summed E-state index contributed by atoms with van der Waals surface area (Å²) in [5.74, 6) is 1.55. The van der Waals surface area contributed by atoms with Crippen molar-refractivity contribution in [3.63, 3.8) is 0 Å². The monoisotopic (exact) mass is 281 g/mol. The van der Waals surface area contributed by atoms with Crippen molar-refractivity contribution in [3.8, 4) is 17.2 Å². The topological polar surface area (TPSA) is 66.0 Å². The van der Waals surface area contributed by atoms with Crippen LogP contribution < -0.4 is 19.5 Å². The van der Waals surface area contributed by atoms with Crippen LogP contribution in [0.5, 0.6) is 17.2 Å². The Labute approximate surface area is 118 Å². The molecule has 1 aromatic carbocycles. The summed E-state index contributed by atoms with van der Waals surface area (Å²) in [6.07, 6.45) is 0.698. The number of rotatable bonds is 6. The molecule has 0 saturated carbocycles. The van der Waals surface area contributed by atoms with Crippen LogP contribution in [0.15, 0.2) is 12.1 Å². The molecule has 1 unspecified atom stereocenters. The van der Waals surface area contributed by atoms with Crippen LogP contribution in [-0.2, 0) is 16.1 Å². The first-order valence-electron chi connectivity index (χ1n) is 6.38. The van der Waals surface area contributed by atoms with Gasteiger partial charge in [-0.25, -0.2) is 0 Å². The molecule has 1 saturated heterocycles. The van der Waals surface area contributed by atoms with Gasteiger partial charge in [0.25, 0.3) is 0 Å². The SMILES string of the molecule is COc1cc(CNC2CCOC2=O)cc(OC)c1OC. The lowest BCUT2D eigenvalue weighted by Crippen LogP contribution is -2.32. The van der Waals surface area contributed by atoms with E-state index in [4.69, 9.17) is 18.9 Å². The predicted molar refractivity (Wildman–Crippen MR) is 72.3 cm³/mol. The number of cyclic esters (lactones) is 1. The summed E-state index contributed by atoms with van der Waals surface area (Å²) in [4.78, 5) is 11.4. The van der Waals surface area contributed by atoms with Gasteiger partial charge in [0, 0.05) is 13.0 Å². The Hall–Kier alpha value is -1.95. The average molecular weight is 281 g/mol. The van der Waals surface area contributed by atoms with Crippen molar-refractivity contribution < 1.29 is 23.7 Å². The van der Waals surface area contributed by atoms with Crippen molar-refractivity contribution in [2.24, 2.45) is 0 Å². The molecule has 20 heavy (non-hydrogen) atoms. The van der Waals surface area contributed by atoms with E-state index >= 15 is 0 Å². The molecule has 0 amide bonds. The molecule has 1 N–H and O–H groups in total. The van der Waals surface area contributed by atoms with E-state index in [2.05, 4.69) is 5.32 Å². The van der Waals surface area contributed by atoms with E-state index in [1.165, 1.54) is 0 Å². The Kier molecular flexibility index (Phi) is 4.68. The van der Waals surface area contributed by atoms with Crippen molar-refractivity contribution in [2.75, 3.05) is 27.9 Å². The van der Waals surface area contributed by atoms with E-state index in [-0.39, 0.29) is 12.0 Å². The zero-order chi connectivity index (χ0) is 14.5. The van der Waals surface area contributed by atoms with E-state index in [0.717, 1.165) is 5.56 Å². The number of hydrogen-bond donors (Lipinski definition) is 1. The van der Waals surface area contributed by atoms with E-state index in [0.29, 0.717) is 36.8 Å². The Balaban J connectivity index is 2.13. The number of methoxy groups -OCH3 is 3. The van der Waals surface area contributed by atoms with Gasteiger partial charge in [-0.2, -0.15) is 0 Å². The maximum Gasteiger partial charge on any atom is 0.323 e. The van der Waals surface area contributed by atoms with E-state index in [1.807, 2.05) is 12.1 Å². The van der Waals surface area contributed by atoms with Gasteiger partial charge in [0.15, 0.2) is 11.5 Å². The largest absolute Gasteiger partial charge is 0.493 e. The Morgan fingerprint density at radius 1 is 1.20 bits per heavy atom. The van der Waals surface area contributed by atoms with Gasteiger partial charge < -0.3 is 24.3 Å². The number of carbonyl (C=O) groups is 1. The third-order valence-corrected chi connectivity index (χ3v) is 3.21. The molecule has 0 bridgehead atoms. The molecule has 1 aromatic rings. The summed E-state index contributed by atoms with van der Waals surface area (Å²) in [7, 11) is 4.71. The van der Waals surface area contributed by atoms with Gasteiger partial charge in [0.1, 0.15) is 6.04 Å². The van der Waals surface area contributed by atoms with Crippen molar-refractivity contribution in [1.82, 2.24) is 5.32 Å².